The lowest BCUT2D eigenvalue weighted by Gasteiger charge is -2.22. The fourth-order valence-electron chi connectivity index (χ4n) is 3.21. The highest BCUT2D eigenvalue weighted by Crippen LogP contribution is 2.30. The summed E-state index contributed by atoms with van der Waals surface area (Å²) >= 11 is 0. The lowest BCUT2D eigenvalue weighted by molar-refractivity contribution is 0.309. The summed E-state index contributed by atoms with van der Waals surface area (Å²) in [6.07, 6.45) is 8.32. The highest BCUT2D eigenvalue weighted by molar-refractivity contribution is 4.93. The van der Waals surface area contributed by atoms with Gasteiger partial charge < -0.3 is 10.6 Å². The molecule has 3 rings (SSSR count). The summed E-state index contributed by atoms with van der Waals surface area (Å²) in [5, 5.41) is 7.38. The highest BCUT2D eigenvalue weighted by Gasteiger charge is 2.34. The number of rotatable bonds is 3. The number of nitrogens with one attached hydrogen (secondary N) is 2. The van der Waals surface area contributed by atoms with Crippen molar-refractivity contribution in [2.24, 2.45) is 0 Å². The number of hydrogen-bond acceptors (Lipinski definition) is 3. The highest BCUT2D eigenvalue weighted by atomic mass is 15.2. The van der Waals surface area contributed by atoms with Crippen LogP contribution in [0.25, 0.3) is 0 Å². The van der Waals surface area contributed by atoms with E-state index in [4.69, 9.17) is 0 Å². The van der Waals surface area contributed by atoms with Crippen LogP contribution in [0.2, 0.25) is 0 Å². The van der Waals surface area contributed by atoms with Crippen molar-refractivity contribution >= 4 is 0 Å². The summed E-state index contributed by atoms with van der Waals surface area (Å²) in [6.45, 7) is 5.08. The molecule has 0 spiro atoms. The number of likely N-dealkylation sites (tertiary alicyclic amines) is 1. The Morgan fingerprint density at radius 2 is 1.88 bits per heavy atom. The molecule has 0 radical (unpaired) electrons. The van der Waals surface area contributed by atoms with Crippen LogP contribution in [-0.2, 0) is 0 Å². The van der Waals surface area contributed by atoms with E-state index in [9.17, 15) is 0 Å². The van der Waals surface area contributed by atoms with Crippen molar-refractivity contribution in [3.05, 3.63) is 0 Å². The van der Waals surface area contributed by atoms with Crippen molar-refractivity contribution in [1.29, 1.82) is 0 Å². The molecule has 2 heterocycles. The van der Waals surface area contributed by atoms with E-state index in [1.807, 2.05) is 0 Å². The second-order valence-corrected chi connectivity index (χ2v) is 5.76. The molecule has 0 bridgehead atoms. The first-order chi connectivity index (χ1) is 7.92. The Labute approximate surface area is 99.0 Å². The molecule has 2 N–H and O–H groups in total. The van der Waals surface area contributed by atoms with Gasteiger partial charge in [-0.1, -0.05) is 0 Å². The van der Waals surface area contributed by atoms with Crippen LogP contribution in [0.1, 0.15) is 38.5 Å². The first-order valence-electron chi connectivity index (χ1n) is 7.12. The molecule has 3 nitrogen and oxygen atoms in total. The van der Waals surface area contributed by atoms with Gasteiger partial charge >= 0.3 is 0 Å². The molecule has 92 valence electrons. The van der Waals surface area contributed by atoms with E-state index in [1.165, 1.54) is 64.7 Å². The molecule has 1 aliphatic carbocycles. The van der Waals surface area contributed by atoms with Gasteiger partial charge in [-0.2, -0.15) is 0 Å². The summed E-state index contributed by atoms with van der Waals surface area (Å²) < 4.78 is 0. The summed E-state index contributed by atoms with van der Waals surface area (Å²) in [7, 11) is 0. The maximum absolute atomic E-state index is 3.89. The standard InChI is InChI=1S/C13H25N3/c1-2-11(5-8-14-7-1)15-12-6-9-16(10-12)13-3-4-13/h11-15H,1-10H2. The van der Waals surface area contributed by atoms with Gasteiger partial charge in [0.15, 0.2) is 0 Å². The maximum Gasteiger partial charge on any atom is 0.0209 e. The molecular weight excluding hydrogens is 198 g/mol. The average Bonchev–Trinajstić information content (AvgIpc) is 3.07. The van der Waals surface area contributed by atoms with Crippen LogP contribution in [0.5, 0.6) is 0 Å². The second kappa shape index (κ2) is 5.03. The molecule has 0 aromatic heterocycles. The van der Waals surface area contributed by atoms with Gasteiger partial charge in [0.25, 0.3) is 0 Å². The SMILES string of the molecule is C1CNCCC(NC2CCN(C3CC3)C2)C1. The minimum absolute atomic E-state index is 0.777. The zero-order valence-corrected chi connectivity index (χ0v) is 10.3. The van der Waals surface area contributed by atoms with Crippen molar-refractivity contribution in [2.75, 3.05) is 26.2 Å². The lowest BCUT2D eigenvalue weighted by Crippen LogP contribution is -2.40. The molecule has 2 unspecified atom stereocenters. The lowest BCUT2D eigenvalue weighted by atomic mass is 10.1. The number of nitrogens with zero attached hydrogens (tertiary/aromatic N) is 1. The number of hydrogen-bond donors (Lipinski definition) is 2. The fraction of sp³-hybridized carbons (Fsp3) is 1.00. The molecule has 3 fully saturated rings. The minimum Gasteiger partial charge on any atom is -0.317 e. The van der Waals surface area contributed by atoms with Gasteiger partial charge in [-0.15, -0.1) is 0 Å². The molecule has 2 saturated heterocycles. The Morgan fingerprint density at radius 1 is 0.938 bits per heavy atom. The monoisotopic (exact) mass is 223 g/mol. The zero-order chi connectivity index (χ0) is 10.8. The Bertz CT molecular complexity index is 219. The molecule has 1 saturated carbocycles. The maximum atomic E-state index is 3.89. The van der Waals surface area contributed by atoms with Crippen LogP contribution >= 0.6 is 0 Å². The molecular formula is C13H25N3. The van der Waals surface area contributed by atoms with Gasteiger partial charge in [0.2, 0.25) is 0 Å². The van der Waals surface area contributed by atoms with Crippen molar-refractivity contribution in [3.8, 4) is 0 Å². The zero-order valence-electron chi connectivity index (χ0n) is 10.3. The van der Waals surface area contributed by atoms with E-state index in [0.717, 1.165) is 18.1 Å². The van der Waals surface area contributed by atoms with Crippen molar-refractivity contribution in [2.45, 2.75) is 56.7 Å². The largest absolute Gasteiger partial charge is 0.317 e. The van der Waals surface area contributed by atoms with Gasteiger partial charge in [0.05, 0.1) is 0 Å². The van der Waals surface area contributed by atoms with E-state index in [2.05, 4.69) is 15.5 Å². The third-order valence-electron chi connectivity index (χ3n) is 4.33. The minimum atomic E-state index is 0.777. The topological polar surface area (TPSA) is 27.3 Å². The summed E-state index contributed by atoms with van der Waals surface area (Å²) in [5.74, 6) is 0. The Hall–Kier alpha value is -0.120. The van der Waals surface area contributed by atoms with E-state index < -0.39 is 0 Å². The van der Waals surface area contributed by atoms with Crippen LogP contribution in [0.15, 0.2) is 0 Å². The summed E-state index contributed by atoms with van der Waals surface area (Å²) in [4.78, 5) is 2.70. The van der Waals surface area contributed by atoms with Crippen molar-refractivity contribution in [1.82, 2.24) is 15.5 Å². The van der Waals surface area contributed by atoms with Crippen molar-refractivity contribution < 1.29 is 0 Å². The van der Waals surface area contributed by atoms with Gasteiger partial charge in [-0.05, 0) is 51.6 Å². The fourth-order valence-corrected chi connectivity index (χ4v) is 3.21. The molecule has 16 heavy (non-hydrogen) atoms. The predicted octanol–water partition coefficient (Wildman–Crippen LogP) is 0.955. The molecule has 0 aromatic carbocycles. The van der Waals surface area contributed by atoms with Crippen LogP contribution in [0.3, 0.4) is 0 Å². The molecule has 2 atom stereocenters. The van der Waals surface area contributed by atoms with Crippen LogP contribution in [0.4, 0.5) is 0 Å². The Morgan fingerprint density at radius 3 is 2.75 bits per heavy atom. The molecule has 0 amide bonds. The van der Waals surface area contributed by atoms with E-state index >= 15 is 0 Å². The normalized spacial score (nSPS) is 37.5. The van der Waals surface area contributed by atoms with Crippen LogP contribution < -0.4 is 10.6 Å². The van der Waals surface area contributed by atoms with E-state index in [1.54, 1.807) is 0 Å². The van der Waals surface area contributed by atoms with E-state index in [-0.39, 0.29) is 0 Å². The Balaban J connectivity index is 1.43. The van der Waals surface area contributed by atoms with Gasteiger partial charge in [0, 0.05) is 31.2 Å². The molecule has 3 aliphatic rings. The van der Waals surface area contributed by atoms with Crippen LogP contribution in [0, 0.1) is 0 Å². The Kier molecular flexibility index (Phi) is 3.46. The third-order valence-corrected chi connectivity index (χ3v) is 4.33. The first kappa shape index (κ1) is 11.0. The van der Waals surface area contributed by atoms with Gasteiger partial charge in [0.1, 0.15) is 0 Å². The summed E-state index contributed by atoms with van der Waals surface area (Å²) in [6, 6.07) is 2.52. The third kappa shape index (κ3) is 2.76. The first-order valence-corrected chi connectivity index (χ1v) is 7.12. The second-order valence-electron chi connectivity index (χ2n) is 5.76. The summed E-state index contributed by atoms with van der Waals surface area (Å²) in [5.41, 5.74) is 0. The van der Waals surface area contributed by atoms with Crippen LogP contribution in [-0.4, -0.2) is 49.2 Å². The predicted molar refractivity (Wildman–Crippen MR) is 66.6 cm³/mol. The van der Waals surface area contributed by atoms with Gasteiger partial charge in [-0.25, -0.2) is 0 Å². The smallest absolute Gasteiger partial charge is 0.0209 e. The van der Waals surface area contributed by atoms with Crippen molar-refractivity contribution in [3.63, 3.8) is 0 Å². The quantitative estimate of drug-likeness (QED) is 0.746. The van der Waals surface area contributed by atoms with Gasteiger partial charge in [-0.3, -0.25) is 4.90 Å². The molecule has 3 heteroatoms. The molecule has 2 aliphatic heterocycles. The average molecular weight is 223 g/mol. The van der Waals surface area contributed by atoms with E-state index in [0.29, 0.717) is 0 Å². The molecule has 0 aromatic rings.